The van der Waals surface area contributed by atoms with Crippen molar-refractivity contribution in [1.82, 2.24) is 0 Å². The summed E-state index contributed by atoms with van der Waals surface area (Å²) in [6, 6.07) is 10.2. The Kier molecular flexibility index (Phi) is 4.13. The molecule has 0 radical (unpaired) electrons. The second kappa shape index (κ2) is 5.82. The molecular formula is C16H18FNO2. The molecule has 0 amide bonds. The van der Waals surface area contributed by atoms with Crippen LogP contribution in [-0.4, -0.2) is 7.11 Å². The third-order valence-corrected chi connectivity index (χ3v) is 3.04. The van der Waals surface area contributed by atoms with Gasteiger partial charge in [0, 0.05) is 12.1 Å². The summed E-state index contributed by atoms with van der Waals surface area (Å²) in [5, 5.41) is 0. The Bertz CT molecular complexity index is 611. The summed E-state index contributed by atoms with van der Waals surface area (Å²) in [4.78, 5) is 0. The minimum absolute atomic E-state index is 0.0944. The lowest BCUT2D eigenvalue weighted by molar-refractivity contribution is 0.403. The van der Waals surface area contributed by atoms with E-state index in [2.05, 4.69) is 13.8 Å². The van der Waals surface area contributed by atoms with Crippen LogP contribution in [0.25, 0.3) is 0 Å². The van der Waals surface area contributed by atoms with Crippen molar-refractivity contribution in [2.75, 3.05) is 12.8 Å². The molecule has 0 fully saturated rings. The Balaban J connectivity index is 2.32. The number of hydrogen-bond acceptors (Lipinski definition) is 3. The van der Waals surface area contributed by atoms with E-state index in [0.29, 0.717) is 17.4 Å². The predicted octanol–water partition coefficient (Wildman–Crippen LogP) is 4.33. The van der Waals surface area contributed by atoms with Crippen LogP contribution in [0.15, 0.2) is 36.4 Å². The van der Waals surface area contributed by atoms with Gasteiger partial charge in [0.2, 0.25) is 0 Å². The van der Waals surface area contributed by atoms with Crippen LogP contribution >= 0.6 is 0 Å². The first-order valence-corrected chi connectivity index (χ1v) is 6.42. The van der Waals surface area contributed by atoms with Gasteiger partial charge in [-0.25, -0.2) is 4.39 Å². The molecule has 2 aromatic rings. The van der Waals surface area contributed by atoms with E-state index in [1.807, 2.05) is 18.2 Å². The van der Waals surface area contributed by atoms with E-state index < -0.39 is 5.82 Å². The average molecular weight is 275 g/mol. The molecule has 0 spiro atoms. The van der Waals surface area contributed by atoms with Gasteiger partial charge in [0.05, 0.1) is 12.8 Å². The van der Waals surface area contributed by atoms with Crippen LogP contribution in [0.4, 0.5) is 10.1 Å². The van der Waals surface area contributed by atoms with Gasteiger partial charge in [0.1, 0.15) is 11.5 Å². The van der Waals surface area contributed by atoms with Crippen LogP contribution in [0.5, 0.6) is 17.2 Å². The fraction of sp³-hybridized carbons (Fsp3) is 0.250. The van der Waals surface area contributed by atoms with E-state index in [0.717, 1.165) is 5.56 Å². The summed E-state index contributed by atoms with van der Waals surface area (Å²) in [6.45, 7) is 4.18. The van der Waals surface area contributed by atoms with Crippen molar-refractivity contribution in [3.8, 4) is 17.2 Å². The minimum atomic E-state index is -0.516. The first-order valence-electron chi connectivity index (χ1n) is 6.42. The lowest BCUT2D eigenvalue weighted by atomic mass is 10.0. The highest BCUT2D eigenvalue weighted by molar-refractivity contribution is 5.56. The number of methoxy groups -OCH3 is 1. The smallest absolute Gasteiger partial charge is 0.168 e. The standard InChI is InChI=1S/C16H18FNO2/c1-10(2)11-5-4-6-12(7-11)20-15-9-16(19-3)14(18)8-13(15)17/h4-10H,18H2,1-3H3. The normalized spacial score (nSPS) is 10.7. The van der Waals surface area contributed by atoms with Crippen LogP contribution in [-0.2, 0) is 0 Å². The van der Waals surface area contributed by atoms with Crippen molar-refractivity contribution in [2.24, 2.45) is 0 Å². The van der Waals surface area contributed by atoms with E-state index in [4.69, 9.17) is 15.2 Å². The van der Waals surface area contributed by atoms with E-state index in [9.17, 15) is 4.39 Å². The number of hydrogen-bond donors (Lipinski definition) is 1. The number of halogens is 1. The zero-order valence-electron chi connectivity index (χ0n) is 11.8. The molecule has 0 bridgehead atoms. The molecule has 20 heavy (non-hydrogen) atoms. The maximum Gasteiger partial charge on any atom is 0.168 e. The number of nitrogen functional groups attached to an aromatic ring is 1. The van der Waals surface area contributed by atoms with Crippen molar-refractivity contribution in [1.29, 1.82) is 0 Å². The zero-order valence-corrected chi connectivity index (χ0v) is 11.8. The number of rotatable bonds is 4. The van der Waals surface area contributed by atoms with Crippen LogP contribution in [0, 0.1) is 5.82 Å². The SMILES string of the molecule is COc1cc(Oc2cccc(C(C)C)c2)c(F)cc1N. The van der Waals surface area contributed by atoms with E-state index in [-0.39, 0.29) is 11.4 Å². The van der Waals surface area contributed by atoms with Gasteiger partial charge in [-0.2, -0.15) is 0 Å². The average Bonchev–Trinajstić information content (AvgIpc) is 2.42. The van der Waals surface area contributed by atoms with Crippen molar-refractivity contribution in [3.63, 3.8) is 0 Å². The quantitative estimate of drug-likeness (QED) is 0.844. The van der Waals surface area contributed by atoms with Gasteiger partial charge in [-0.15, -0.1) is 0 Å². The second-order valence-corrected chi connectivity index (χ2v) is 4.85. The van der Waals surface area contributed by atoms with Gasteiger partial charge in [0.15, 0.2) is 11.6 Å². The van der Waals surface area contributed by atoms with Crippen LogP contribution in [0.2, 0.25) is 0 Å². The third kappa shape index (κ3) is 3.02. The van der Waals surface area contributed by atoms with Gasteiger partial charge in [-0.1, -0.05) is 26.0 Å². The topological polar surface area (TPSA) is 44.5 Å². The molecule has 0 saturated heterocycles. The summed E-state index contributed by atoms with van der Waals surface area (Å²) < 4.78 is 24.5. The van der Waals surface area contributed by atoms with Gasteiger partial charge in [-0.3, -0.25) is 0 Å². The third-order valence-electron chi connectivity index (χ3n) is 3.04. The number of ether oxygens (including phenoxy) is 2. The molecule has 2 N–H and O–H groups in total. The monoisotopic (exact) mass is 275 g/mol. The highest BCUT2D eigenvalue weighted by atomic mass is 19.1. The lowest BCUT2D eigenvalue weighted by Gasteiger charge is -2.12. The number of anilines is 1. The molecule has 0 atom stereocenters. The minimum Gasteiger partial charge on any atom is -0.494 e. The molecule has 3 nitrogen and oxygen atoms in total. The molecule has 0 aliphatic carbocycles. The van der Waals surface area contributed by atoms with Crippen molar-refractivity contribution in [3.05, 3.63) is 47.8 Å². The number of benzene rings is 2. The number of nitrogens with two attached hydrogens (primary N) is 1. The summed E-state index contributed by atoms with van der Waals surface area (Å²) >= 11 is 0. The molecule has 0 heterocycles. The van der Waals surface area contributed by atoms with Crippen molar-refractivity contribution in [2.45, 2.75) is 19.8 Å². The fourth-order valence-corrected chi connectivity index (χ4v) is 1.87. The molecule has 106 valence electrons. The molecule has 0 aliphatic rings. The first-order chi connectivity index (χ1) is 9.51. The first kappa shape index (κ1) is 14.2. The van der Waals surface area contributed by atoms with Crippen molar-refractivity contribution >= 4 is 5.69 Å². The maximum atomic E-state index is 13.9. The van der Waals surface area contributed by atoms with Crippen LogP contribution < -0.4 is 15.2 Å². The molecular weight excluding hydrogens is 257 g/mol. The predicted molar refractivity (Wildman–Crippen MR) is 78.0 cm³/mol. The molecule has 0 aromatic heterocycles. The Labute approximate surface area is 118 Å². The summed E-state index contributed by atoms with van der Waals surface area (Å²) in [7, 11) is 1.48. The van der Waals surface area contributed by atoms with Gasteiger partial charge in [0.25, 0.3) is 0 Å². The Morgan fingerprint density at radius 2 is 1.85 bits per heavy atom. The van der Waals surface area contributed by atoms with Gasteiger partial charge in [-0.05, 0) is 23.6 Å². The van der Waals surface area contributed by atoms with Crippen molar-refractivity contribution < 1.29 is 13.9 Å². The lowest BCUT2D eigenvalue weighted by Crippen LogP contribution is -1.96. The highest BCUT2D eigenvalue weighted by Crippen LogP contribution is 2.33. The summed E-state index contributed by atoms with van der Waals surface area (Å²) in [6.07, 6.45) is 0. The molecule has 0 aliphatic heterocycles. The Hall–Kier alpha value is -2.23. The highest BCUT2D eigenvalue weighted by Gasteiger charge is 2.11. The molecule has 0 unspecified atom stereocenters. The Morgan fingerprint density at radius 3 is 2.50 bits per heavy atom. The maximum absolute atomic E-state index is 13.9. The van der Waals surface area contributed by atoms with Gasteiger partial charge >= 0.3 is 0 Å². The van der Waals surface area contributed by atoms with Crippen LogP contribution in [0.3, 0.4) is 0 Å². The largest absolute Gasteiger partial charge is 0.494 e. The van der Waals surface area contributed by atoms with Crippen LogP contribution in [0.1, 0.15) is 25.3 Å². The zero-order chi connectivity index (χ0) is 14.7. The fourth-order valence-electron chi connectivity index (χ4n) is 1.87. The van der Waals surface area contributed by atoms with E-state index in [1.165, 1.54) is 19.2 Å². The summed E-state index contributed by atoms with van der Waals surface area (Å²) in [5.41, 5.74) is 7.01. The van der Waals surface area contributed by atoms with E-state index >= 15 is 0 Å². The molecule has 2 rings (SSSR count). The van der Waals surface area contributed by atoms with E-state index in [1.54, 1.807) is 6.07 Å². The summed E-state index contributed by atoms with van der Waals surface area (Å²) in [5.74, 6) is 0.933. The Morgan fingerprint density at radius 1 is 1.10 bits per heavy atom. The molecule has 0 saturated carbocycles. The second-order valence-electron chi connectivity index (χ2n) is 4.85. The molecule has 4 heteroatoms. The van der Waals surface area contributed by atoms with Gasteiger partial charge < -0.3 is 15.2 Å². The molecule has 2 aromatic carbocycles.